The highest BCUT2D eigenvalue weighted by atomic mass is 79.9. The van der Waals surface area contributed by atoms with E-state index in [1.54, 1.807) is 30.3 Å². The molecule has 0 aliphatic rings. The standard InChI is InChI=1S/C14H10BrClFNO2/c15-12-3-1-2-11(14(12)17)13(16)8-9-4-6-10(7-5-9)18(19)20/h1-7,13H,8H2. The lowest BCUT2D eigenvalue weighted by Gasteiger charge is -2.11. The van der Waals surface area contributed by atoms with Crippen LogP contribution in [0.5, 0.6) is 0 Å². The Kier molecular flexibility index (Phi) is 4.73. The van der Waals surface area contributed by atoms with Crippen molar-refractivity contribution in [2.75, 3.05) is 0 Å². The third-order valence-electron chi connectivity index (χ3n) is 2.88. The molecule has 0 amide bonds. The Hall–Kier alpha value is -1.46. The Labute approximate surface area is 128 Å². The maximum absolute atomic E-state index is 13.9. The Balaban J connectivity index is 2.17. The van der Waals surface area contributed by atoms with Crippen LogP contribution < -0.4 is 0 Å². The van der Waals surface area contributed by atoms with E-state index in [-0.39, 0.29) is 11.5 Å². The van der Waals surface area contributed by atoms with E-state index in [1.807, 2.05) is 0 Å². The predicted octanol–water partition coefficient (Wildman–Crippen LogP) is 5.02. The van der Waals surface area contributed by atoms with Crippen LogP contribution >= 0.6 is 27.5 Å². The fraction of sp³-hybridized carbons (Fsp3) is 0.143. The number of nitro groups is 1. The minimum Gasteiger partial charge on any atom is -0.258 e. The number of hydrogen-bond donors (Lipinski definition) is 0. The Morgan fingerprint density at radius 2 is 1.90 bits per heavy atom. The molecule has 0 fully saturated rings. The zero-order valence-electron chi connectivity index (χ0n) is 10.2. The number of alkyl halides is 1. The van der Waals surface area contributed by atoms with E-state index in [2.05, 4.69) is 15.9 Å². The summed E-state index contributed by atoms with van der Waals surface area (Å²) in [6.45, 7) is 0. The number of nitro benzene ring substituents is 1. The minimum atomic E-state index is -0.533. The molecule has 6 heteroatoms. The van der Waals surface area contributed by atoms with Crippen molar-refractivity contribution in [1.29, 1.82) is 0 Å². The van der Waals surface area contributed by atoms with Gasteiger partial charge in [0.15, 0.2) is 0 Å². The van der Waals surface area contributed by atoms with Crippen molar-refractivity contribution in [3.05, 3.63) is 74.0 Å². The van der Waals surface area contributed by atoms with Crippen molar-refractivity contribution >= 4 is 33.2 Å². The average Bonchev–Trinajstić information content (AvgIpc) is 2.42. The van der Waals surface area contributed by atoms with Crippen LogP contribution in [0.25, 0.3) is 0 Å². The molecule has 20 heavy (non-hydrogen) atoms. The van der Waals surface area contributed by atoms with Crippen molar-refractivity contribution in [1.82, 2.24) is 0 Å². The van der Waals surface area contributed by atoms with Crippen LogP contribution in [0.2, 0.25) is 0 Å². The van der Waals surface area contributed by atoms with Gasteiger partial charge in [0, 0.05) is 17.7 Å². The highest BCUT2D eigenvalue weighted by Gasteiger charge is 2.16. The molecule has 0 N–H and O–H groups in total. The zero-order chi connectivity index (χ0) is 14.7. The normalized spacial score (nSPS) is 12.2. The van der Waals surface area contributed by atoms with Crippen LogP contribution in [0.3, 0.4) is 0 Å². The summed E-state index contributed by atoms with van der Waals surface area (Å²) in [7, 11) is 0. The predicted molar refractivity (Wildman–Crippen MR) is 79.5 cm³/mol. The first-order chi connectivity index (χ1) is 9.49. The van der Waals surface area contributed by atoms with Gasteiger partial charge >= 0.3 is 0 Å². The van der Waals surface area contributed by atoms with Crippen molar-refractivity contribution < 1.29 is 9.31 Å². The molecule has 1 atom stereocenters. The summed E-state index contributed by atoms with van der Waals surface area (Å²) < 4.78 is 14.3. The van der Waals surface area contributed by atoms with Crippen LogP contribution in [0.4, 0.5) is 10.1 Å². The van der Waals surface area contributed by atoms with Crippen LogP contribution in [-0.4, -0.2) is 4.92 Å². The summed E-state index contributed by atoms with van der Waals surface area (Å²) >= 11 is 9.34. The molecule has 0 saturated carbocycles. The molecule has 0 spiro atoms. The van der Waals surface area contributed by atoms with Crippen molar-refractivity contribution in [3.63, 3.8) is 0 Å². The van der Waals surface area contributed by atoms with Crippen LogP contribution in [0.1, 0.15) is 16.5 Å². The van der Waals surface area contributed by atoms with E-state index in [9.17, 15) is 14.5 Å². The first-order valence-corrected chi connectivity index (χ1v) is 7.03. The van der Waals surface area contributed by atoms with Crippen LogP contribution in [0, 0.1) is 15.9 Å². The maximum atomic E-state index is 13.9. The fourth-order valence-electron chi connectivity index (χ4n) is 1.83. The van der Waals surface area contributed by atoms with E-state index in [1.165, 1.54) is 12.1 Å². The molecule has 1 unspecified atom stereocenters. The third kappa shape index (κ3) is 3.35. The number of halogens is 3. The van der Waals surface area contributed by atoms with Gasteiger partial charge in [0.05, 0.1) is 14.8 Å². The Morgan fingerprint density at radius 3 is 2.50 bits per heavy atom. The van der Waals surface area contributed by atoms with Gasteiger partial charge in [-0.05, 0) is 34.0 Å². The molecule has 0 saturated heterocycles. The molecule has 0 aliphatic heterocycles. The lowest BCUT2D eigenvalue weighted by Crippen LogP contribution is -2.00. The zero-order valence-corrected chi connectivity index (χ0v) is 12.6. The summed E-state index contributed by atoms with van der Waals surface area (Å²) in [4.78, 5) is 10.1. The van der Waals surface area contributed by atoms with Gasteiger partial charge in [0.25, 0.3) is 5.69 Å². The van der Waals surface area contributed by atoms with Gasteiger partial charge in [-0.3, -0.25) is 10.1 Å². The minimum absolute atomic E-state index is 0.0218. The first-order valence-electron chi connectivity index (χ1n) is 5.80. The largest absolute Gasteiger partial charge is 0.269 e. The van der Waals surface area contributed by atoms with Gasteiger partial charge in [-0.1, -0.05) is 24.3 Å². The molecule has 0 heterocycles. The Morgan fingerprint density at radius 1 is 1.25 bits per heavy atom. The SMILES string of the molecule is O=[N+]([O-])c1ccc(CC(Cl)c2cccc(Br)c2F)cc1. The van der Waals surface area contributed by atoms with Crippen molar-refractivity contribution in [2.24, 2.45) is 0 Å². The van der Waals surface area contributed by atoms with E-state index in [4.69, 9.17) is 11.6 Å². The van der Waals surface area contributed by atoms with Gasteiger partial charge in [0.2, 0.25) is 0 Å². The molecule has 2 aromatic carbocycles. The molecule has 104 valence electrons. The highest BCUT2D eigenvalue weighted by molar-refractivity contribution is 9.10. The fourth-order valence-corrected chi connectivity index (χ4v) is 2.56. The van der Waals surface area contributed by atoms with Gasteiger partial charge in [-0.15, -0.1) is 11.6 Å². The molecule has 0 radical (unpaired) electrons. The maximum Gasteiger partial charge on any atom is 0.269 e. The van der Waals surface area contributed by atoms with E-state index in [0.29, 0.717) is 16.5 Å². The van der Waals surface area contributed by atoms with E-state index < -0.39 is 10.3 Å². The second-order valence-electron chi connectivity index (χ2n) is 4.24. The second-order valence-corrected chi connectivity index (χ2v) is 5.62. The number of hydrogen-bond acceptors (Lipinski definition) is 2. The number of non-ortho nitro benzene ring substituents is 1. The molecule has 0 aromatic heterocycles. The molecular formula is C14H10BrClFNO2. The van der Waals surface area contributed by atoms with Gasteiger partial charge < -0.3 is 0 Å². The van der Waals surface area contributed by atoms with Gasteiger partial charge in [-0.2, -0.15) is 0 Å². The quantitative estimate of drug-likeness (QED) is 0.437. The summed E-state index contributed by atoms with van der Waals surface area (Å²) in [5.74, 6) is -0.380. The van der Waals surface area contributed by atoms with Gasteiger partial charge in [0.1, 0.15) is 5.82 Å². The van der Waals surface area contributed by atoms with Crippen molar-refractivity contribution in [2.45, 2.75) is 11.8 Å². The molecule has 3 nitrogen and oxygen atoms in total. The highest BCUT2D eigenvalue weighted by Crippen LogP contribution is 2.30. The number of nitrogens with zero attached hydrogens (tertiary/aromatic N) is 1. The lowest BCUT2D eigenvalue weighted by molar-refractivity contribution is -0.384. The number of rotatable bonds is 4. The summed E-state index contributed by atoms with van der Waals surface area (Å²) in [6.07, 6.45) is 0.396. The van der Waals surface area contributed by atoms with Gasteiger partial charge in [-0.25, -0.2) is 4.39 Å². The first kappa shape index (κ1) is 14.9. The summed E-state index contributed by atoms with van der Waals surface area (Å²) in [5, 5.41) is 10.0. The van der Waals surface area contributed by atoms with Crippen LogP contribution in [-0.2, 0) is 6.42 Å². The summed E-state index contributed by atoms with van der Waals surface area (Å²) in [6, 6.07) is 11.0. The molecule has 2 rings (SSSR count). The van der Waals surface area contributed by atoms with Crippen molar-refractivity contribution in [3.8, 4) is 0 Å². The Bertz CT molecular complexity index is 634. The topological polar surface area (TPSA) is 43.1 Å². The van der Waals surface area contributed by atoms with E-state index >= 15 is 0 Å². The molecule has 0 bridgehead atoms. The lowest BCUT2D eigenvalue weighted by atomic mass is 10.0. The second kappa shape index (κ2) is 6.33. The van der Waals surface area contributed by atoms with E-state index in [0.717, 1.165) is 5.56 Å². The molecule has 2 aromatic rings. The third-order valence-corrected chi connectivity index (χ3v) is 3.88. The molecular weight excluding hydrogens is 349 g/mol. The average molecular weight is 359 g/mol. The monoisotopic (exact) mass is 357 g/mol. The smallest absolute Gasteiger partial charge is 0.258 e. The molecule has 0 aliphatic carbocycles. The summed E-state index contributed by atoms with van der Waals surface area (Å²) in [5.41, 5.74) is 1.24. The number of benzene rings is 2. The van der Waals surface area contributed by atoms with Crippen LogP contribution in [0.15, 0.2) is 46.9 Å².